The minimum atomic E-state index is -0.262. The van der Waals surface area contributed by atoms with E-state index in [9.17, 15) is 0 Å². The topological polar surface area (TPSA) is 18.5 Å². The second-order valence-corrected chi connectivity index (χ2v) is 12.5. The number of ether oxygens (including phenoxy) is 2. The molecule has 6 rings (SSSR count). The van der Waals surface area contributed by atoms with Crippen LogP contribution in [0.1, 0.15) is 91.9 Å². The molecule has 10 atom stereocenters. The van der Waals surface area contributed by atoms with Gasteiger partial charge in [-0.1, -0.05) is 45.8 Å². The van der Waals surface area contributed by atoms with Crippen molar-refractivity contribution in [2.45, 2.75) is 104 Å². The largest absolute Gasteiger partial charge is 0.349 e. The van der Waals surface area contributed by atoms with Gasteiger partial charge in [-0.2, -0.15) is 0 Å². The molecule has 2 aliphatic heterocycles. The van der Waals surface area contributed by atoms with Gasteiger partial charge in [0.2, 0.25) is 0 Å². The van der Waals surface area contributed by atoms with E-state index >= 15 is 0 Å². The number of allylic oxidation sites excluding steroid dienone is 2. The molecule has 162 valence electrons. The maximum Gasteiger partial charge on any atom is 0.171 e. The molecule has 0 aromatic rings. The maximum absolute atomic E-state index is 6.91. The zero-order chi connectivity index (χ0) is 20.0. The van der Waals surface area contributed by atoms with E-state index in [0.717, 1.165) is 30.8 Å². The zero-order valence-electron chi connectivity index (χ0n) is 19.2. The van der Waals surface area contributed by atoms with E-state index < -0.39 is 0 Å². The van der Waals surface area contributed by atoms with Crippen LogP contribution in [0.3, 0.4) is 0 Å². The number of hydrogen-bond donors (Lipinski definition) is 0. The van der Waals surface area contributed by atoms with E-state index in [1.54, 1.807) is 0 Å². The molecule has 4 aliphatic carbocycles. The zero-order valence-corrected chi connectivity index (χ0v) is 19.2. The molecular weight excluding hydrogens is 356 g/mol. The summed E-state index contributed by atoms with van der Waals surface area (Å²) in [6, 6.07) is 0. The maximum atomic E-state index is 6.91. The van der Waals surface area contributed by atoms with Crippen molar-refractivity contribution in [2.24, 2.45) is 46.3 Å². The summed E-state index contributed by atoms with van der Waals surface area (Å²) in [6.45, 7) is 11.0. The van der Waals surface area contributed by atoms with Gasteiger partial charge in [0.05, 0.1) is 12.7 Å². The fourth-order valence-electron chi connectivity index (χ4n) is 9.72. The van der Waals surface area contributed by atoms with Crippen molar-refractivity contribution in [1.29, 1.82) is 0 Å². The van der Waals surface area contributed by atoms with E-state index in [1.165, 1.54) is 57.8 Å². The van der Waals surface area contributed by atoms with Gasteiger partial charge in [0, 0.05) is 12.3 Å². The Balaban J connectivity index is 1.29. The number of hydrogen-bond acceptors (Lipinski definition) is 2. The van der Waals surface area contributed by atoms with Crippen molar-refractivity contribution in [3.63, 3.8) is 0 Å². The molecule has 0 bridgehead atoms. The van der Waals surface area contributed by atoms with Crippen LogP contribution in [0.4, 0.5) is 0 Å². The van der Waals surface area contributed by atoms with Gasteiger partial charge >= 0.3 is 0 Å². The van der Waals surface area contributed by atoms with Crippen LogP contribution in [-0.2, 0) is 9.47 Å². The molecular formula is C27H42O2. The highest BCUT2D eigenvalue weighted by Crippen LogP contribution is 2.70. The monoisotopic (exact) mass is 398 g/mol. The van der Waals surface area contributed by atoms with Crippen LogP contribution >= 0.6 is 0 Å². The van der Waals surface area contributed by atoms with Gasteiger partial charge in [0.15, 0.2) is 5.79 Å². The van der Waals surface area contributed by atoms with Crippen LogP contribution in [0, 0.1) is 46.3 Å². The molecule has 0 unspecified atom stereocenters. The summed E-state index contributed by atoms with van der Waals surface area (Å²) < 4.78 is 13.4. The average Bonchev–Trinajstić information content (AvgIpc) is 3.15. The fraction of sp³-hybridized carbons (Fsp3) is 0.926. The Bertz CT molecular complexity index is 703. The first-order valence-electron chi connectivity index (χ1n) is 12.9. The summed E-state index contributed by atoms with van der Waals surface area (Å²) in [5.41, 5.74) is 2.80. The molecule has 2 heterocycles. The van der Waals surface area contributed by atoms with E-state index in [0.29, 0.717) is 34.7 Å². The predicted molar refractivity (Wildman–Crippen MR) is 116 cm³/mol. The van der Waals surface area contributed by atoms with Crippen LogP contribution < -0.4 is 0 Å². The minimum Gasteiger partial charge on any atom is -0.349 e. The van der Waals surface area contributed by atoms with Crippen molar-refractivity contribution in [1.82, 2.24) is 0 Å². The Morgan fingerprint density at radius 2 is 1.86 bits per heavy atom. The first-order valence-corrected chi connectivity index (χ1v) is 12.9. The van der Waals surface area contributed by atoms with Crippen LogP contribution in [0.2, 0.25) is 0 Å². The summed E-state index contributed by atoms with van der Waals surface area (Å²) >= 11 is 0. The molecule has 0 aromatic heterocycles. The quantitative estimate of drug-likeness (QED) is 0.420. The van der Waals surface area contributed by atoms with Crippen molar-refractivity contribution in [3.05, 3.63) is 11.6 Å². The Morgan fingerprint density at radius 3 is 2.66 bits per heavy atom. The van der Waals surface area contributed by atoms with Crippen molar-refractivity contribution in [2.75, 3.05) is 6.61 Å². The van der Waals surface area contributed by atoms with Gasteiger partial charge in [-0.15, -0.1) is 0 Å². The smallest absolute Gasteiger partial charge is 0.171 e. The van der Waals surface area contributed by atoms with E-state index in [1.807, 2.05) is 5.57 Å². The predicted octanol–water partition coefficient (Wildman–Crippen LogP) is 6.74. The summed E-state index contributed by atoms with van der Waals surface area (Å²) in [6.07, 6.45) is 16.7. The summed E-state index contributed by atoms with van der Waals surface area (Å²) in [5.74, 6) is 4.35. The highest BCUT2D eigenvalue weighted by Gasteiger charge is 2.68. The third-order valence-electron chi connectivity index (χ3n) is 11.3. The van der Waals surface area contributed by atoms with Gasteiger partial charge in [0.1, 0.15) is 0 Å². The third kappa shape index (κ3) is 2.48. The molecule has 0 amide bonds. The Hall–Kier alpha value is -0.340. The normalized spacial score (nSPS) is 58.9. The van der Waals surface area contributed by atoms with E-state index in [2.05, 4.69) is 33.8 Å². The molecule has 2 saturated heterocycles. The lowest BCUT2D eigenvalue weighted by Gasteiger charge is -2.58. The average molecular weight is 399 g/mol. The molecule has 5 fully saturated rings. The molecule has 29 heavy (non-hydrogen) atoms. The third-order valence-corrected chi connectivity index (χ3v) is 11.3. The summed E-state index contributed by atoms with van der Waals surface area (Å²) in [5, 5.41) is 0. The van der Waals surface area contributed by atoms with Crippen LogP contribution in [0.5, 0.6) is 0 Å². The Morgan fingerprint density at radius 1 is 1.00 bits per heavy atom. The highest BCUT2D eigenvalue weighted by molar-refractivity contribution is 5.25. The molecule has 0 N–H and O–H groups in total. The number of rotatable bonds is 0. The Labute approximate surface area is 178 Å². The summed E-state index contributed by atoms with van der Waals surface area (Å²) in [4.78, 5) is 0. The molecule has 0 aromatic carbocycles. The molecule has 3 saturated carbocycles. The highest BCUT2D eigenvalue weighted by atomic mass is 16.7. The van der Waals surface area contributed by atoms with Gasteiger partial charge in [-0.3, -0.25) is 0 Å². The van der Waals surface area contributed by atoms with Gasteiger partial charge in [0.25, 0.3) is 0 Å². The van der Waals surface area contributed by atoms with Crippen molar-refractivity contribution < 1.29 is 9.47 Å². The van der Waals surface area contributed by atoms with E-state index in [4.69, 9.17) is 9.47 Å². The SMILES string of the molecule is C[C@H]1CC[C@@]2(OC1)O[C@H]1C[C@H]3[C@@H]4CC=C5CCCC[C@]5(C)[C@H]4CC[C@]3(C)[C@H]1[C@@H]2C. The second kappa shape index (κ2) is 6.35. The molecule has 1 spiro atoms. The van der Waals surface area contributed by atoms with Crippen LogP contribution in [0.25, 0.3) is 0 Å². The minimum absolute atomic E-state index is 0.262. The lowest BCUT2D eigenvalue weighted by molar-refractivity contribution is -0.272. The second-order valence-electron chi connectivity index (χ2n) is 12.5. The van der Waals surface area contributed by atoms with Crippen molar-refractivity contribution >= 4 is 0 Å². The van der Waals surface area contributed by atoms with Gasteiger partial charge in [-0.25, -0.2) is 0 Å². The molecule has 0 radical (unpaired) electrons. The van der Waals surface area contributed by atoms with Crippen LogP contribution in [0.15, 0.2) is 11.6 Å². The first kappa shape index (κ1) is 19.4. The van der Waals surface area contributed by atoms with Crippen LogP contribution in [-0.4, -0.2) is 18.5 Å². The number of fused-ring (bicyclic) bond motifs is 7. The Kier molecular flexibility index (Phi) is 4.23. The lowest BCUT2D eigenvalue weighted by Crippen LogP contribution is -2.52. The van der Waals surface area contributed by atoms with Crippen molar-refractivity contribution in [3.8, 4) is 0 Å². The first-order chi connectivity index (χ1) is 13.9. The lowest BCUT2D eigenvalue weighted by atomic mass is 9.47. The van der Waals surface area contributed by atoms with Gasteiger partial charge in [-0.05, 0) is 91.8 Å². The molecule has 6 aliphatic rings. The fourth-order valence-corrected chi connectivity index (χ4v) is 9.72. The molecule has 2 nitrogen and oxygen atoms in total. The van der Waals surface area contributed by atoms with Gasteiger partial charge < -0.3 is 9.47 Å². The molecule has 2 heteroatoms. The van der Waals surface area contributed by atoms with E-state index in [-0.39, 0.29) is 5.79 Å². The standard InChI is InChI=1S/C27H42O2/c1-17-10-14-27(28-16-17)18(2)24-23(29-27)15-22-20-9-8-19-7-5-6-12-25(19,3)21(20)11-13-26(22,24)4/h8,17-18,20-24H,5-7,9-16H2,1-4H3/t17-,18-,20+,21-,22-,23-,24-,25-,26-,27+/m0/s1. The summed E-state index contributed by atoms with van der Waals surface area (Å²) in [7, 11) is 0.